The van der Waals surface area contributed by atoms with Gasteiger partial charge in [-0.05, 0) is 19.1 Å². The molecule has 100 valence electrons. The highest BCUT2D eigenvalue weighted by molar-refractivity contribution is 5.35. The molecular formula is C15H15F2NO. The number of halogens is 2. The van der Waals surface area contributed by atoms with E-state index in [9.17, 15) is 8.78 Å². The Morgan fingerprint density at radius 2 is 1.84 bits per heavy atom. The maximum atomic E-state index is 13.5. The van der Waals surface area contributed by atoms with E-state index in [0.29, 0.717) is 5.75 Å². The number of rotatable bonds is 4. The standard InChI is InChI=1S/C15H15F2NO/c1-10(18)12-6-2-3-8-14(12)19-9-11-5-4-7-13(16)15(11)17/h2-8,10H,9,18H2,1H3/t10-/m0/s1. The molecule has 0 radical (unpaired) electrons. The van der Waals surface area contributed by atoms with E-state index in [4.69, 9.17) is 10.5 Å². The first-order valence-electron chi connectivity index (χ1n) is 6.00. The second-order valence-corrected chi connectivity index (χ2v) is 4.33. The van der Waals surface area contributed by atoms with Gasteiger partial charge in [-0.15, -0.1) is 0 Å². The quantitative estimate of drug-likeness (QED) is 0.915. The summed E-state index contributed by atoms with van der Waals surface area (Å²) in [6.07, 6.45) is 0. The Bertz CT molecular complexity index is 570. The molecule has 0 saturated carbocycles. The molecule has 0 aliphatic rings. The van der Waals surface area contributed by atoms with E-state index >= 15 is 0 Å². The highest BCUT2D eigenvalue weighted by atomic mass is 19.2. The van der Waals surface area contributed by atoms with Gasteiger partial charge < -0.3 is 10.5 Å². The number of hydrogen-bond acceptors (Lipinski definition) is 2. The molecule has 2 aromatic rings. The molecule has 2 rings (SSSR count). The maximum Gasteiger partial charge on any atom is 0.165 e. The predicted molar refractivity (Wildman–Crippen MR) is 69.7 cm³/mol. The average Bonchev–Trinajstić information content (AvgIpc) is 2.40. The van der Waals surface area contributed by atoms with Crippen LogP contribution in [-0.4, -0.2) is 0 Å². The van der Waals surface area contributed by atoms with Crippen molar-refractivity contribution >= 4 is 0 Å². The second kappa shape index (κ2) is 5.80. The minimum Gasteiger partial charge on any atom is -0.488 e. The summed E-state index contributed by atoms with van der Waals surface area (Å²) >= 11 is 0. The van der Waals surface area contributed by atoms with Gasteiger partial charge in [0.15, 0.2) is 11.6 Å². The van der Waals surface area contributed by atoms with Gasteiger partial charge in [0, 0.05) is 17.2 Å². The highest BCUT2D eigenvalue weighted by Crippen LogP contribution is 2.24. The van der Waals surface area contributed by atoms with Gasteiger partial charge in [0.1, 0.15) is 12.4 Å². The summed E-state index contributed by atoms with van der Waals surface area (Å²) in [5.74, 6) is -1.16. The lowest BCUT2D eigenvalue weighted by molar-refractivity contribution is 0.293. The molecular weight excluding hydrogens is 248 g/mol. The SMILES string of the molecule is C[C@H](N)c1ccccc1OCc1cccc(F)c1F. The van der Waals surface area contributed by atoms with Crippen LogP contribution < -0.4 is 10.5 Å². The van der Waals surface area contributed by atoms with Gasteiger partial charge >= 0.3 is 0 Å². The van der Waals surface area contributed by atoms with E-state index in [0.717, 1.165) is 11.6 Å². The van der Waals surface area contributed by atoms with Crippen LogP contribution in [0.15, 0.2) is 42.5 Å². The summed E-state index contributed by atoms with van der Waals surface area (Å²) < 4.78 is 32.1. The fourth-order valence-electron chi connectivity index (χ4n) is 1.80. The van der Waals surface area contributed by atoms with E-state index < -0.39 is 11.6 Å². The van der Waals surface area contributed by atoms with Crippen molar-refractivity contribution in [2.75, 3.05) is 0 Å². The first kappa shape index (κ1) is 13.5. The summed E-state index contributed by atoms with van der Waals surface area (Å²) in [6.45, 7) is 1.80. The lowest BCUT2D eigenvalue weighted by atomic mass is 10.1. The maximum absolute atomic E-state index is 13.5. The molecule has 0 saturated heterocycles. The van der Waals surface area contributed by atoms with Crippen molar-refractivity contribution in [1.82, 2.24) is 0 Å². The van der Waals surface area contributed by atoms with E-state index in [-0.39, 0.29) is 18.2 Å². The van der Waals surface area contributed by atoms with Gasteiger partial charge in [-0.3, -0.25) is 0 Å². The lowest BCUT2D eigenvalue weighted by Gasteiger charge is -2.14. The number of ether oxygens (including phenoxy) is 1. The third-order valence-electron chi connectivity index (χ3n) is 2.82. The number of nitrogens with two attached hydrogens (primary N) is 1. The number of para-hydroxylation sites is 1. The monoisotopic (exact) mass is 263 g/mol. The molecule has 2 nitrogen and oxygen atoms in total. The number of hydrogen-bond donors (Lipinski definition) is 1. The van der Waals surface area contributed by atoms with Crippen molar-refractivity contribution in [3.63, 3.8) is 0 Å². The molecule has 0 aromatic heterocycles. The summed E-state index contributed by atoms with van der Waals surface area (Å²) in [6, 6.07) is 11.1. The molecule has 0 aliphatic carbocycles. The molecule has 0 heterocycles. The third kappa shape index (κ3) is 3.09. The van der Waals surface area contributed by atoms with E-state index in [1.54, 1.807) is 6.07 Å². The molecule has 0 spiro atoms. The Morgan fingerprint density at radius 1 is 1.11 bits per heavy atom. The van der Waals surface area contributed by atoms with Crippen molar-refractivity contribution < 1.29 is 13.5 Å². The highest BCUT2D eigenvalue weighted by Gasteiger charge is 2.10. The lowest BCUT2D eigenvalue weighted by Crippen LogP contribution is -2.08. The van der Waals surface area contributed by atoms with Crippen LogP contribution in [0.1, 0.15) is 24.1 Å². The van der Waals surface area contributed by atoms with Crippen LogP contribution in [0, 0.1) is 11.6 Å². The molecule has 0 bridgehead atoms. The average molecular weight is 263 g/mol. The third-order valence-corrected chi connectivity index (χ3v) is 2.82. The van der Waals surface area contributed by atoms with Crippen LogP contribution in [0.25, 0.3) is 0 Å². The Morgan fingerprint density at radius 3 is 2.58 bits per heavy atom. The van der Waals surface area contributed by atoms with Crippen LogP contribution >= 0.6 is 0 Å². The van der Waals surface area contributed by atoms with Crippen LogP contribution in [0.3, 0.4) is 0 Å². The van der Waals surface area contributed by atoms with E-state index in [2.05, 4.69) is 0 Å². The van der Waals surface area contributed by atoms with Crippen molar-refractivity contribution in [2.45, 2.75) is 19.6 Å². The van der Waals surface area contributed by atoms with Crippen molar-refractivity contribution in [1.29, 1.82) is 0 Å². The Hall–Kier alpha value is -1.94. The Kier molecular flexibility index (Phi) is 4.12. The Balaban J connectivity index is 2.17. The van der Waals surface area contributed by atoms with Crippen molar-refractivity contribution in [2.24, 2.45) is 5.73 Å². The minimum absolute atomic E-state index is 0.0344. The first-order chi connectivity index (χ1) is 9.09. The smallest absolute Gasteiger partial charge is 0.165 e. The molecule has 2 N–H and O–H groups in total. The van der Waals surface area contributed by atoms with Gasteiger partial charge in [0.2, 0.25) is 0 Å². The van der Waals surface area contributed by atoms with Gasteiger partial charge in [-0.25, -0.2) is 8.78 Å². The van der Waals surface area contributed by atoms with Crippen LogP contribution in [0.5, 0.6) is 5.75 Å². The molecule has 0 unspecified atom stereocenters. The zero-order chi connectivity index (χ0) is 13.8. The molecule has 0 fully saturated rings. The Labute approximate surface area is 110 Å². The van der Waals surface area contributed by atoms with Gasteiger partial charge in [-0.1, -0.05) is 30.3 Å². The number of benzene rings is 2. The fraction of sp³-hybridized carbons (Fsp3) is 0.200. The first-order valence-corrected chi connectivity index (χ1v) is 6.00. The topological polar surface area (TPSA) is 35.2 Å². The van der Waals surface area contributed by atoms with E-state index in [1.165, 1.54) is 12.1 Å². The van der Waals surface area contributed by atoms with Gasteiger partial charge in [0.05, 0.1) is 0 Å². The fourth-order valence-corrected chi connectivity index (χ4v) is 1.80. The van der Waals surface area contributed by atoms with Crippen LogP contribution in [-0.2, 0) is 6.61 Å². The predicted octanol–water partition coefficient (Wildman–Crippen LogP) is 3.56. The van der Waals surface area contributed by atoms with Gasteiger partial charge in [0.25, 0.3) is 0 Å². The molecule has 2 aromatic carbocycles. The largest absolute Gasteiger partial charge is 0.488 e. The second-order valence-electron chi connectivity index (χ2n) is 4.33. The molecule has 0 amide bonds. The summed E-state index contributed by atoms with van der Waals surface area (Å²) in [7, 11) is 0. The molecule has 19 heavy (non-hydrogen) atoms. The van der Waals surface area contributed by atoms with Crippen LogP contribution in [0.4, 0.5) is 8.78 Å². The zero-order valence-electron chi connectivity index (χ0n) is 10.6. The summed E-state index contributed by atoms with van der Waals surface area (Å²) in [4.78, 5) is 0. The van der Waals surface area contributed by atoms with Crippen molar-refractivity contribution in [3.8, 4) is 5.75 Å². The normalized spacial score (nSPS) is 12.2. The van der Waals surface area contributed by atoms with Crippen LogP contribution in [0.2, 0.25) is 0 Å². The van der Waals surface area contributed by atoms with Crippen molar-refractivity contribution in [3.05, 3.63) is 65.2 Å². The molecule has 0 aliphatic heterocycles. The summed E-state index contributed by atoms with van der Waals surface area (Å²) in [5.41, 5.74) is 6.84. The van der Waals surface area contributed by atoms with E-state index in [1.807, 2.05) is 25.1 Å². The molecule has 1 atom stereocenters. The molecule has 4 heteroatoms. The van der Waals surface area contributed by atoms with Gasteiger partial charge in [-0.2, -0.15) is 0 Å². The summed E-state index contributed by atoms with van der Waals surface area (Å²) in [5, 5.41) is 0. The minimum atomic E-state index is -0.874. The zero-order valence-corrected chi connectivity index (χ0v) is 10.6.